The van der Waals surface area contributed by atoms with Gasteiger partial charge in [0.15, 0.2) is 0 Å². The summed E-state index contributed by atoms with van der Waals surface area (Å²) in [5, 5.41) is 4.09. The molecule has 0 N–H and O–H groups in total. The second kappa shape index (κ2) is 5.85. The first-order chi connectivity index (χ1) is 8.36. The highest BCUT2D eigenvalue weighted by atomic mass is 16.6. The van der Waals surface area contributed by atoms with Crippen molar-refractivity contribution in [3.8, 4) is 0 Å². The molecule has 0 spiro atoms. The first kappa shape index (κ1) is 11.4. The van der Waals surface area contributed by atoms with Crippen LogP contribution >= 0.6 is 0 Å². The summed E-state index contributed by atoms with van der Waals surface area (Å²) >= 11 is 0. The maximum absolute atomic E-state index is 5.31. The maximum Gasteiger partial charge on any atom is 0.142 e. The summed E-state index contributed by atoms with van der Waals surface area (Å²) in [5.74, 6) is 0. The van der Waals surface area contributed by atoms with Crippen molar-refractivity contribution < 1.29 is 4.84 Å². The maximum atomic E-state index is 5.31. The fourth-order valence-corrected chi connectivity index (χ4v) is 1.46. The Morgan fingerprint density at radius 2 is 1.82 bits per heavy atom. The lowest BCUT2D eigenvalue weighted by Crippen LogP contribution is -1.96. The van der Waals surface area contributed by atoms with Gasteiger partial charge < -0.3 is 4.84 Å². The molecule has 2 aromatic rings. The van der Waals surface area contributed by atoms with Crippen molar-refractivity contribution in [2.24, 2.45) is 5.16 Å². The quantitative estimate of drug-likeness (QED) is 0.576. The molecule has 0 unspecified atom stereocenters. The molecule has 0 aliphatic carbocycles. The van der Waals surface area contributed by atoms with Crippen molar-refractivity contribution in [1.82, 2.24) is 0 Å². The van der Waals surface area contributed by atoms with Crippen LogP contribution < -0.4 is 0 Å². The van der Waals surface area contributed by atoms with Crippen LogP contribution in [0, 0.1) is 6.07 Å². The standard InChI is InChI=1S/C15H14NO/c1-13(15-10-6-3-7-11-15)16-17-12-14-8-4-2-5-9-14/h2,4-11H,12H2,1H3. The molecular weight excluding hydrogens is 210 g/mol. The molecule has 0 aromatic heterocycles. The first-order valence-corrected chi connectivity index (χ1v) is 5.53. The molecule has 0 aliphatic heterocycles. The molecule has 2 heteroatoms. The smallest absolute Gasteiger partial charge is 0.142 e. The first-order valence-electron chi connectivity index (χ1n) is 5.53. The van der Waals surface area contributed by atoms with Crippen LogP contribution in [0.2, 0.25) is 0 Å². The van der Waals surface area contributed by atoms with E-state index in [4.69, 9.17) is 4.84 Å². The molecule has 2 nitrogen and oxygen atoms in total. The zero-order valence-corrected chi connectivity index (χ0v) is 9.76. The molecule has 0 bridgehead atoms. The van der Waals surface area contributed by atoms with E-state index >= 15 is 0 Å². The lowest BCUT2D eigenvalue weighted by molar-refractivity contribution is 0.130. The Bertz CT molecular complexity index is 477. The lowest BCUT2D eigenvalue weighted by atomic mass is 10.1. The molecule has 0 fully saturated rings. The summed E-state index contributed by atoms with van der Waals surface area (Å²) in [4.78, 5) is 5.31. The number of hydrogen-bond acceptors (Lipinski definition) is 2. The zero-order chi connectivity index (χ0) is 11.9. The van der Waals surface area contributed by atoms with Crippen molar-refractivity contribution in [3.63, 3.8) is 0 Å². The van der Waals surface area contributed by atoms with Crippen molar-refractivity contribution in [3.05, 3.63) is 71.8 Å². The van der Waals surface area contributed by atoms with Gasteiger partial charge in [0.2, 0.25) is 0 Å². The van der Waals surface area contributed by atoms with E-state index in [0.717, 1.165) is 16.8 Å². The molecule has 0 saturated heterocycles. The van der Waals surface area contributed by atoms with Gasteiger partial charge >= 0.3 is 0 Å². The fourth-order valence-electron chi connectivity index (χ4n) is 1.46. The van der Waals surface area contributed by atoms with Crippen molar-refractivity contribution in [2.45, 2.75) is 13.5 Å². The molecule has 0 heterocycles. The van der Waals surface area contributed by atoms with Gasteiger partial charge in [-0.2, -0.15) is 0 Å². The topological polar surface area (TPSA) is 21.6 Å². The normalized spacial score (nSPS) is 11.2. The second-order valence-corrected chi connectivity index (χ2v) is 3.72. The van der Waals surface area contributed by atoms with Crippen molar-refractivity contribution in [1.29, 1.82) is 0 Å². The largest absolute Gasteiger partial charge is 0.391 e. The van der Waals surface area contributed by atoms with Gasteiger partial charge in [-0.15, -0.1) is 0 Å². The molecule has 0 saturated carbocycles. The van der Waals surface area contributed by atoms with Gasteiger partial charge in [-0.05, 0) is 24.1 Å². The van der Waals surface area contributed by atoms with Crippen LogP contribution in [0.5, 0.6) is 0 Å². The molecule has 2 rings (SSSR count). The molecule has 85 valence electrons. The van der Waals surface area contributed by atoms with Crippen LogP contribution in [0.3, 0.4) is 0 Å². The van der Waals surface area contributed by atoms with Crippen LogP contribution in [0.1, 0.15) is 18.1 Å². The Hall–Kier alpha value is -2.09. The van der Waals surface area contributed by atoms with Crippen molar-refractivity contribution >= 4 is 5.71 Å². The third kappa shape index (κ3) is 3.45. The minimum Gasteiger partial charge on any atom is -0.391 e. The van der Waals surface area contributed by atoms with Gasteiger partial charge in [-0.3, -0.25) is 0 Å². The van der Waals surface area contributed by atoms with Gasteiger partial charge in [0.25, 0.3) is 0 Å². The van der Waals surface area contributed by atoms with Gasteiger partial charge in [0, 0.05) is 0 Å². The number of nitrogens with zero attached hydrogens (tertiary/aromatic N) is 1. The minimum absolute atomic E-state index is 0.497. The highest BCUT2D eigenvalue weighted by Gasteiger charge is 1.96. The zero-order valence-electron chi connectivity index (χ0n) is 9.76. The van der Waals surface area contributed by atoms with E-state index in [1.165, 1.54) is 0 Å². The highest BCUT2D eigenvalue weighted by molar-refractivity contribution is 5.98. The summed E-state index contributed by atoms with van der Waals surface area (Å²) in [6, 6.07) is 20.6. The number of oxime groups is 1. The third-order valence-electron chi connectivity index (χ3n) is 2.41. The summed E-state index contributed by atoms with van der Waals surface area (Å²) in [7, 11) is 0. The van der Waals surface area contributed by atoms with E-state index in [1.54, 1.807) is 0 Å². The van der Waals surface area contributed by atoms with Gasteiger partial charge in [-0.1, -0.05) is 59.8 Å². The second-order valence-electron chi connectivity index (χ2n) is 3.72. The average molecular weight is 224 g/mol. The van der Waals surface area contributed by atoms with E-state index in [9.17, 15) is 0 Å². The summed E-state index contributed by atoms with van der Waals surface area (Å²) in [5.41, 5.74) is 3.04. The Labute approximate surface area is 102 Å². The molecule has 0 atom stereocenters. The van der Waals surface area contributed by atoms with E-state index < -0.39 is 0 Å². The summed E-state index contributed by atoms with van der Waals surface area (Å²) < 4.78 is 0. The number of hydrogen-bond donors (Lipinski definition) is 0. The van der Waals surface area contributed by atoms with Gasteiger partial charge in [0.1, 0.15) is 6.61 Å². The van der Waals surface area contributed by atoms with Crippen LogP contribution in [0.25, 0.3) is 0 Å². The fraction of sp³-hybridized carbons (Fsp3) is 0.133. The summed E-state index contributed by atoms with van der Waals surface area (Å²) in [6.07, 6.45) is 0. The third-order valence-corrected chi connectivity index (χ3v) is 2.41. The average Bonchev–Trinajstić information content (AvgIpc) is 2.41. The Balaban J connectivity index is 1.93. The molecule has 1 radical (unpaired) electrons. The van der Waals surface area contributed by atoms with Crippen molar-refractivity contribution in [2.75, 3.05) is 0 Å². The SMILES string of the molecule is CC(=NOCc1ccccc1)c1cc[c]cc1. The van der Waals surface area contributed by atoms with Gasteiger partial charge in [-0.25, -0.2) is 0 Å². The predicted octanol–water partition coefficient (Wildman–Crippen LogP) is 3.43. The number of benzene rings is 2. The van der Waals surface area contributed by atoms with Crippen LogP contribution in [-0.4, -0.2) is 5.71 Å². The molecular formula is C15H14NO. The monoisotopic (exact) mass is 224 g/mol. The molecule has 2 aromatic carbocycles. The van der Waals surface area contributed by atoms with E-state index in [2.05, 4.69) is 11.2 Å². The van der Waals surface area contributed by atoms with E-state index in [1.807, 2.05) is 61.5 Å². The van der Waals surface area contributed by atoms with Crippen LogP contribution in [0.4, 0.5) is 0 Å². The van der Waals surface area contributed by atoms with Crippen LogP contribution in [0.15, 0.2) is 59.8 Å². The number of rotatable bonds is 4. The Morgan fingerprint density at radius 3 is 2.53 bits per heavy atom. The molecule has 17 heavy (non-hydrogen) atoms. The molecule has 0 amide bonds. The van der Waals surface area contributed by atoms with Gasteiger partial charge in [0.05, 0.1) is 5.71 Å². The summed E-state index contributed by atoms with van der Waals surface area (Å²) in [6.45, 7) is 2.43. The van der Waals surface area contributed by atoms with E-state index in [0.29, 0.717) is 6.61 Å². The van der Waals surface area contributed by atoms with E-state index in [-0.39, 0.29) is 0 Å². The lowest BCUT2D eigenvalue weighted by Gasteiger charge is -2.02. The Morgan fingerprint density at radius 1 is 1.12 bits per heavy atom. The highest BCUT2D eigenvalue weighted by Crippen LogP contribution is 2.04. The Kier molecular flexibility index (Phi) is 3.92. The molecule has 0 aliphatic rings. The minimum atomic E-state index is 0.497. The van der Waals surface area contributed by atoms with Crippen LogP contribution in [-0.2, 0) is 11.4 Å². The predicted molar refractivity (Wildman–Crippen MR) is 68.7 cm³/mol.